The summed E-state index contributed by atoms with van der Waals surface area (Å²) in [7, 11) is 0. The molecular weight excluding hydrogens is 196 g/mol. The number of aryl methyl sites for hydroxylation is 2. The molecule has 0 bridgehead atoms. The molecule has 1 fully saturated rings. The lowest BCUT2D eigenvalue weighted by Crippen LogP contribution is -2.33. The first-order chi connectivity index (χ1) is 6.81. The maximum absolute atomic E-state index is 5.68. The molecular formula is C10H16N2OS. The summed E-state index contributed by atoms with van der Waals surface area (Å²) in [6, 6.07) is 0. The number of rotatable bonds is 2. The summed E-state index contributed by atoms with van der Waals surface area (Å²) < 4.78 is 5.68. The Labute approximate surface area is 88.5 Å². The van der Waals surface area contributed by atoms with Gasteiger partial charge in [0.25, 0.3) is 0 Å². The van der Waals surface area contributed by atoms with E-state index in [9.17, 15) is 0 Å². The van der Waals surface area contributed by atoms with Crippen molar-refractivity contribution in [3.8, 4) is 0 Å². The summed E-state index contributed by atoms with van der Waals surface area (Å²) in [5, 5.41) is 4.54. The number of aromatic nitrogens is 1. The molecule has 1 atom stereocenters. The topological polar surface area (TPSA) is 34.2 Å². The quantitative estimate of drug-likeness (QED) is 0.810. The molecule has 4 heteroatoms. The van der Waals surface area contributed by atoms with Gasteiger partial charge < -0.3 is 10.1 Å². The van der Waals surface area contributed by atoms with E-state index in [2.05, 4.69) is 24.1 Å². The average Bonchev–Trinajstić information content (AvgIpc) is 2.61. The van der Waals surface area contributed by atoms with Crippen LogP contribution in [0.25, 0.3) is 0 Å². The Balaban J connectivity index is 2.17. The van der Waals surface area contributed by atoms with Crippen molar-refractivity contribution in [2.24, 2.45) is 0 Å². The van der Waals surface area contributed by atoms with Crippen molar-refractivity contribution in [3.63, 3.8) is 0 Å². The molecule has 78 valence electrons. The molecule has 1 saturated heterocycles. The maximum Gasteiger partial charge on any atom is 0.113 e. The van der Waals surface area contributed by atoms with Gasteiger partial charge in [-0.15, -0.1) is 11.3 Å². The van der Waals surface area contributed by atoms with E-state index >= 15 is 0 Å². The van der Waals surface area contributed by atoms with Gasteiger partial charge in [0, 0.05) is 18.0 Å². The smallest absolute Gasteiger partial charge is 0.113 e. The second kappa shape index (κ2) is 4.38. The molecule has 1 aromatic heterocycles. The molecule has 0 amide bonds. The predicted octanol–water partition coefficient (Wildman–Crippen LogP) is 1.67. The number of nitrogens with zero attached hydrogens (tertiary/aromatic N) is 1. The third kappa shape index (κ3) is 1.97. The molecule has 14 heavy (non-hydrogen) atoms. The first-order valence-corrected chi connectivity index (χ1v) is 5.91. The Hall–Kier alpha value is -0.450. The van der Waals surface area contributed by atoms with E-state index in [0.717, 1.165) is 31.8 Å². The fourth-order valence-electron chi connectivity index (χ4n) is 1.66. The van der Waals surface area contributed by atoms with Gasteiger partial charge in [0.2, 0.25) is 0 Å². The monoisotopic (exact) mass is 212 g/mol. The van der Waals surface area contributed by atoms with E-state index in [-0.39, 0.29) is 6.10 Å². The molecule has 0 aromatic carbocycles. The number of morpholine rings is 1. The molecule has 2 rings (SSSR count). The van der Waals surface area contributed by atoms with Crippen molar-refractivity contribution in [1.29, 1.82) is 0 Å². The van der Waals surface area contributed by atoms with Gasteiger partial charge in [0.1, 0.15) is 6.10 Å². The Morgan fingerprint density at radius 3 is 3.07 bits per heavy atom. The largest absolute Gasteiger partial charge is 0.369 e. The van der Waals surface area contributed by atoms with E-state index in [1.54, 1.807) is 11.3 Å². The summed E-state index contributed by atoms with van der Waals surface area (Å²) in [6.07, 6.45) is 1.19. The molecule has 1 aromatic rings. The van der Waals surface area contributed by atoms with Crippen molar-refractivity contribution < 1.29 is 4.74 Å². The SMILES string of the molecule is CCc1nc(C2CNCCO2)c(C)s1. The van der Waals surface area contributed by atoms with E-state index in [1.807, 2.05) is 0 Å². The van der Waals surface area contributed by atoms with Gasteiger partial charge in [-0.25, -0.2) is 4.98 Å². The third-order valence-corrected chi connectivity index (χ3v) is 3.54. The normalized spacial score (nSPS) is 22.6. The molecule has 0 radical (unpaired) electrons. The maximum atomic E-state index is 5.68. The van der Waals surface area contributed by atoms with Crippen LogP contribution >= 0.6 is 11.3 Å². The van der Waals surface area contributed by atoms with Crippen LogP contribution in [-0.4, -0.2) is 24.7 Å². The lowest BCUT2D eigenvalue weighted by Gasteiger charge is -2.22. The van der Waals surface area contributed by atoms with Gasteiger partial charge in [-0.05, 0) is 13.3 Å². The van der Waals surface area contributed by atoms with Crippen LogP contribution < -0.4 is 5.32 Å². The Kier molecular flexibility index (Phi) is 3.15. The Morgan fingerprint density at radius 2 is 2.50 bits per heavy atom. The minimum atomic E-state index is 0.167. The standard InChI is InChI=1S/C10H16N2OS/c1-3-9-12-10(7(2)14-9)8-6-11-4-5-13-8/h8,11H,3-6H2,1-2H3. The second-order valence-corrected chi connectivity index (χ2v) is 4.75. The van der Waals surface area contributed by atoms with Gasteiger partial charge in [0.15, 0.2) is 0 Å². The highest BCUT2D eigenvalue weighted by atomic mass is 32.1. The lowest BCUT2D eigenvalue weighted by atomic mass is 10.2. The summed E-state index contributed by atoms with van der Waals surface area (Å²) in [5.74, 6) is 0. The molecule has 1 N–H and O–H groups in total. The zero-order valence-electron chi connectivity index (χ0n) is 8.67. The molecule has 2 heterocycles. The van der Waals surface area contributed by atoms with Crippen LogP contribution in [-0.2, 0) is 11.2 Å². The second-order valence-electron chi connectivity index (χ2n) is 3.47. The summed E-state index contributed by atoms with van der Waals surface area (Å²) in [5.41, 5.74) is 1.14. The van der Waals surface area contributed by atoms with E-state index in [1.165, 1.54) is 9.88 Å². The predicted molar refractivity (Wildman–Crippen MR) is 57.8 cm³/mol. The fraction of sp³-hybridized carbons (Fsp3) is 0.700. The van der Waals surface area contributed by atoms with E-state index < -0.39 is 0 Å². The van der Waals surface area contributed by atoms with Crippen LogP contribution in [0.2, 0.25) is 0 Å². The molecule has 0 spiro atoms. The first-order valence-electron chi connectivity index (χ1n) is 5.09. The molecule has 1 aliphatic heterocycles. The van der Waals surface area contributed by atoms with Crippen LogP contribution in [0.1, 0.15) is 28.6 Å². The zero-order valence-corrected chi connectivity index (χ0v) is 9.49. The number of hydrogen-bond acceptors (Lipinski definition) is 4. The molecule has 0 saturated carbocycles. The number of ether oxygens (including phenoxy) is 1. The fourth-order valence-corrected chi connectivity index (χ4v) is 2.58. The highest BCUT2D eigenvalue weighted by molar-refractivity contribution is 7.11. The van der Waals surface area contributed by atoms with Gasteiger partial charge in [-0.3, -0.25) is 0 Å². The molecule has 0 aliphatic carbocycles. The van der Waals surface area contributed by atoms with Gasteiger partial charge in [-0.1, -0.05) is 6.92 Å². The van der Waals surface area contributed by atoms with Crippen LogP contribution in [0.15, 0.2) is 0 Å². The first kappa shape index (κ1) is 10.1. The van der Waals surface area contributed by atoms with Crippen molar-refractivity contribution in [3.05, 3.63) is 15.6 Å². The third-order valence-electron chi connectivity index (χ3n) is 2.41. The Bertz CT molecular complexity index is 305. The van der Waals surface area contributed by atoms with Gasteiger partial charge in [0.05, 0.1) is 17.3 Å². The lowest BCUT2D eigenvalue weighted by molar-refractivity contribution is 0.0249. The molecule has 1 unspecified atom stereocenters. The van der Waals surface area contributed by atoms with Crippen LogP contribution in [0.3, 0.4) is 0 Å². The Morgan fingerprint density at radius 1 is 1.64 bits per heavy atom. The van der Waals surface area contributed by atoms with E-state index in [0.29, 0.717) is 0 Å². The van der Waals surface area contributed by atoms with Crippen molar-refractivity contribution in [1.82, 2.24) is 10.3 Å². The van der Waals surface area contributed by atoms with Crippen LogP contribution in [0.4, 0.5) is 0 Å². The zero-order chi connectivity index (χ0) is 9.97. The molecule has 3 nitrogen and oxygen atoms in total. The van der Waals surface area contributed by atoms with Crippen molar-refractivity contribution in [2.45, 2.75) is 26.4 Å². The number of nitrogens with one attached hydrogen (secondary N) is 1. The summed E-state index contributed by atoms with van der Waals surface area (Å²) >= 11 is 1.79. The number of thiazole rings is 1. The van der Waals surface area contributed by atoms with Gasteiger partial charge in [-0.2, -0.15) is 0 Å². The summed E-state index contributed by atoms with van der Waals surface area (Å²) in [6.45, 7) is 6.92. The van der Waals surface area contributed by atoms with Gasteiger partial charge >= 0.3 is 0 Å². The molecule has 1 aliphatic rings. The van der Waals surface area contributed by atoms with Crippen LogP contribution in [0.5, 0.6) is 0 Å². The number of hydrogen-bond donors (Lipinski definition) is 1. The highest BCUT2D eigenvalue weighted by Gasteiger charge is 2.20. The van der Waals surface area contributed by atoms with Crippen LogP contribution in [0, 0.1) is 6.92 Å². The minimum absolute atomic E-state index is 0.167. The summed E-state index contributed by atoms with van der Waals surface area (Å²) in [4.78, 5) is 5.91. The minimum Gasteiger partial charge on any atom is -0.369 e. The highest BCUT2D eigenvalue weighted by Crippen LogP contribution is 2.26. The van der Waals surface area contributed by atoms with Crippen molar-refractivity contribution >= 4 is 11.3 Å². The average molecular weight is 212 g/mol. The van der Waals surface area contributed by atoms with E-state index in [4.69, 9.17) is 4.74 Å². The van der Waals surface area contributed by atoms with Crippen molar-refractivity contribution in [2.75, 3.05) is 19.7 Å².